The predicted octanol–water partition coefficient (Wildman–Crippen LogP) is 3.06. The normalized spacial score (nSPS) is 10.5. The summed E-state index contributed by atoms with van der Waals surface area (Å²) in [4.78, 5) is 14.5. The summed E-state index contributed by atoms with van der Waals surface area (Å²) in [5.74, 6) is -0.851. The summed E-state index contributed by atoms with van der Waals surface area (Å²) in [6.45, 7) is 2.63. The van der Waals surface area contributed by atoms with Gasteiger partial charge in [0.2, 0.25) is 0 Å². The highest BCUT2D eigenvalue weighted by Gasteiger charge is 2.06. The summed E-state index contributed by atoms with van der Waals surface area (Å²) >= 11 is 1.33. The van der Waals surface area contributed by atoms with Crippen LogP contribution < -0.4 is 10.2 Å². The summed E-state index contributed by atoms with van der Waals surface area (Å²) in [5, 5.41) is 12.2. The van der Waals surface area contributed by atoms with Crippen molar-refractivity contribution in [3.05, 3.63) is 52.2 Å². The van der Waals surface area contributed by atoms with Crippen LogP contribution in [0.5, 0.6) is 0 Å². The number of benzene rings is 1. The van der Waals surface area contributed by atoms with Crippen molar-refractivity contribution in [3.8, 4) is 0 Å². The fourth-order valence-electron chi connectivity index (χ4n) is 2.05. The first-order valence-corrected chi connectivity index (χ1v) is 7.77. The Kier molecular flexibility index (Phi) is 5.78. The SMILES string of the molecule is CN(CCCNCc1ccc(C(=O)O)s1)c1ccccc1. The topological polar surface area (TPSA) is 52.6 Å². The molecule has 112 valence electrons. The molecule has 1 aromatic carbocycles. The molecule has 2 aromatic rings. The summed E-state index contributed by atoms with van der Waals surface area (Å²) in [5.41, 5.74) is 1.22. The van der Waals surface area contributed by atoms with Crippen LogP contribution >= 0.6 is 11.3 Å². The highest BCUT2D eigenvalue weighted by atomic mass is 32.1. The van der Waals surface area contributed by atoms with Gasteiger partial charge in [-0.25, -0.2) is 4.79 Å². The molecule has 0 saturated carbocycles. The van der Waals surface area contributed by atoms with Gasteiger partial charge in [0.1, 0.15) is 4.88 Å². The number of hydrogen-bond acceptors (Lipinski definition) is 4. The van der Waals surface area contributed by atoms with Crippen LogP contribution in [0, 0.1) is 0 Å². The second kappa shape index (κ2) is 7.81. The Morgan fingerprint density at radius 2 is 2.00 bits per heavy atom. The number of nitrogens with zero attached hydrogens (tertiary/aromatic N) is 1. The molecule has 0 spiro atoms. The summed E-state index contributed by atoms with van der Waals surface area (Å²) in [6.07, 6.45) is 1.04. The maximum atomic E-state index is 10.8. The van der Waals surface area contributed by atoms with E-state index in [1.54, 1.807) is 6.07 Å². The van der Waals surface area contributed by atoms with Gasteiger partial charge < -0.3 is 15.3 Å². The molecule has 0 aliphatic carbocycles. The molecule has 2 rings (SSSR count). The van der Waals surface area contributed by atoms with Crippen molar-refractivity contribution in [2.45, 2.75) is 13.0 Å². The number of rotatable bonds is 8. The minimum absolute atomic E-state index is 0.399. The van der Waals surface area contributed by atoms with Crippen molar-refractivity contribution < 1.29 is 9.90 Å². The maximum absolute atomic E-state index is 10.8. The molecule has 2 N–H and O–H groups in total. The lowest BCUT2D eigenvalue weighted by molar-refractivity contribution is 0.0702. The van der Waals surface area contributed by atoms with Crippen LogP contribution in [0.4, 0.5) is 5.69 Å². The molecular formula is C16H20N2O2S. The zero-order chi connectivity index (χ0) is 15.1. The van der Waals surface area contributed by atoms with Gasteiger partial charge in [-0.1, -0.05) is 18.2 Å². The Labute approximate surface area is 129 Å². The lowest BCUT2D eigenvalue weighted by atomic mass is 10.3. The first-order chi connectivity index (χ1) is 10.2. The smallest absolute Gasteiger partial charge is 0.345 e. The molecule has 5 heteroatoms. The van der Waals surface area contributed by atoms with Gasteiger partial charge >= 0.3 is 5.97 Å². The molecule has 0 aliphatic heterocycles. The van der Waals surface area contributed by atoms with Crippen LogP contribution in [-0.4, -0.2) is 31.2 Å². The van der Waals surface area contributed by atoms with E-state index < -0.39 is 5.97 Å². The van der Waals surface area contributed by atoms with Gasteiger partial charge in [-0.2, -0.15) is 0 Å². The molecule has 0 atom stereocenters. The fourth-order valence-corrected chi connectivity index (χ4v) is 2.87. The number of carboxylic acids is 1. The number of hydrogen-bond donors (Lipinski definition) is 2. The third-order valence-corrected chi connectivity index (χ3v) is 4.29. The molecule has 0 saturated heterocycles. The number of carboxylic acid groups (broad SMARTS) is 1. The zero-order valence-corrected chi connectivity index (χ0v) is 12.9. The van der Waals surface area contributed by atoms with Crippen molar-refractivity contribution in [1.82, 2.24) is 5.32 Å². The van der Waals surface area contributed by atoms with E-state index in [4.69, 9.17) is 5.11 Å². The minimum Gasteiger partial charge on any atom is -0.477 e. The van der Waals surface area contributed by atoms with Crippen LogP contribution in [0.25, 0.3) is 0 Å². The van der Waals surface area contributed by atoms with Gasteiger partial charge in [0, 0.05) is 30.7 Å². The van der Waals surface area contributed by atoms with E-state index in [0.717, 1.165) is 30.9 Å². The molecule has 0 radical (unpaired) electrons. The van der Waals surface area contributed by atoms with Gasteiger partial charge in [-0.3, -0.25) is 0 Å². The zero-order valence-electron chi connectivity index (χ0n) is 12.1. The Hall–Kier alpha value is -1.85. The Balaban J connectivity index is 1.64. The molecular weight excluding hydrogens is 284 g/mol. The van der Waals surface area contributed by atoms with Gasteiger partial charge in [-0.15, -0.1) is 11.3 Å². The number of para-hydroxylation sites is 1. The second-order valence-electron chi connectivity index (χ2n) is 4.86. The molecule has 21 heavy (non-hydrogen) atoms. The average Bonchev–Trinajstić information content (AvgIpc) is 2.97. The van der Waals surface area contributed by atoms with Crippen LogP contribution in [0.3, 0.4) is 0 Å². The van der Waals surface area contributed by atoms with Crippen molar-refractivity contribution in [2.24, 2.45) is 0 Å². The summed E-state index contributed by atoms with van der Waals surface area (Å²) < 4.78 is 0. The Morgan fingerprint density at radius 1 is 1.24 bits per heavy atom. The number of anilines is 1. The lowest BCUT2D eigenvalue weighted by Crippen LogP contribution is -2.23. The van der Waals surface area contributed by atoms with Crippen molar-refractivity contribution in [2.75, 3.05) is 25.0 Å². The molecule has 0 aliphatic rings. The van der Waals surface area contributed by atoms with Gasteiger partial charge in [0.25, 0.3) is 0 Å². The largest absolute Gasteiger partial charge is 0.477 e. The molecule has 0 amide bonds. The number of thiophene rings is 1. The van der Waals surface area contributed by atoms with E-state index in [1.807, 2.05) is 24.3 Å². The minimum atomic E-state index is -0.851. The van der Waals surface area contributed by atoms with Crippen molar-refractivity contribution in [1.29, 1.82) is 0 Å². The van der Waals surface area contributed by atoms with Gasteiger partial charge in [0.15, 0.2) is 0 Å². The fraction of sp³-hybridized carbons (Fsp3) is 0.312. The number of carbonyl (C=O) groups is 1. The monoisotopic (exact) mass is 304 g/mol. The first kappa shape index (κ1) is 15.5. The van der Waals surface area contributed by atoms with Crippen LogP contribution in [-0.2, 0) is 6.54 Å². The number of aromatic carboxylic acids is 1. The first-order valence-electron chi connectivity index (χ1n) is 6.96. The third-order valence-electron chi connectivity index (χ3n) is 3.22. The number of nitrogens with one attached hydrogen (secondary N) is 1. The molecule has 0 fully saturated rings. The Morgan fingerprint density at radius 3 is 2.67 bits per heavy atom. The van der Waals surface area contributed by atoms with Gasteiger partial charge in [0.05, 0.1) is 0 Å². The van der Waals surface area contributed by atoms with E-state index in [2.05, 4.69) is 29.4 Å². The highest BCUT2D eigenvalue weighted by molar-refractivity contribution is 7.13. The van der Waals surface area contributed by atoms with Gasteiger partial charge in [-0.05, 0) is 37.2 Å². The van der Waals surface area contributed by atoms with E-state index in [-0.39, 0.29) is 0 Å². The van der Waals surface area contributed by atoms with Crippen LogP contribution in [0.2, 0.25) is 0 Å². The van der Waals surface area contributed by atoms with E-state index >= 15 is 0 Å². The highest BCUT2D eigenvalue weighted by Crippen LogP contribution is 2.16. The lowest BCUT2D eigenvalue weighted by Gasteiger charge is -2.19. The second-order valence-corrected chi connectivity index (χ2v) is 6.03. The van der Waals surface area contributed by atoms with Crippen LogP contribution in [0.1, 0.15) is 21.0 Å². The van der Waals surface area contributed by atoms with Crippen molar-refractivity contribution >= 4 is 23.0 Å². The standard InChI is InChI=1S/C16H20N2O2S/c1-18(13-6-3-2-4-7-13)11-5-10-17-12-14-8-9-15(21-14)16(19)20/h2-4,6-9,17H,5,10-12H2,1H3,(H,19,20). The van der Waals surface area contributed by atoms with E-state index in [0.29, 0.717) is 4.88 Å². The molecule has 0 unspecified atom stereocenters. The molecule has 0 bridgehead atoms. The van der Waals surface area contributed by atoms with E-state index in [9.17, 15) is 4.79 Å². The van der Waals surface area contributed by atoms with E-state index in [1.165, 1.54) is 17.0 Å². The average molecular weight is 304 g/mol. The summed E-state index contributed by atoms with van der Waals surface area (Å²) in [6, 6.07) is 13.8. The molecule has 4 nitrogen and oxygen atoms in total. The molecule has 1 aromatic heterocycles. The third kappa shape index (κ3) is 4.88. The molecule has 1 heterocycles. The Bertz CT molecular complexity index is 569. The quantitative estimate of drug-likeness (QED) is 0.736. The van der Waals surface area contributed by atoms with Crippen molar-refractivity contribution in [3.63, 3.8) is 0 Å². The predicted molar refractivity (Wildman–Crippen MR) is 87.3 cm³/mol. The summed E-state index contributed by atoms with van der Waals surface area (Å²) in [7, 11) is 2.09. The van der Waals surface area contributed by atoms with Crippen LogP contribution in [0.15, 0.2) is 42.5 Å². The maximum Gasteiger partial charge on any atom is 0.345 e.